The predicted molar refractivity (Wildman–Crippen MR) is 52.5 cm³/mol. The van der Waals surface area contributed by atoms with Crippen molar-refractivity contribution in [1.29, 1.82) is 0 Å². The first-order valence-electron chi connectivity index (χ1n) is 4.74. The summed E-state index contributed by atoms with van der Waals surface area (Å²) in [5, 5.41) is 6.93. The number of nitrogens with one attached hydrogen (secondary N) is 1. The number of aromatic nitrogens is 2. The monoisotopic (exact) mass is 194 g/mol. The topological polar surface area (TPSA) is 72.9 Å². The Bertz CT molecular complexity index is 354. The normalized spacial score (nSPS) is 15.6. The Morgan fingerprint density at radius 2 is 2.50 bits per heavy atom. The molecule has 0 spiro atoms. The average molecular weight is 194 g/mol. The minimum absolute atomic E-state index is 0.0680. The Balaban J connectivity index is 2.10. The van der Waals surface area contributed by atoms with Crippen LogP contribution in [0.2, 0.25) is 0 Å². The fourth-order valence-electron chi connectivity index (χ4n) is 1.36. The number of carbonyl (C=O) groups excluding carboxylic acids is 1. The van der Waals surface area contributed by atoms with Gasteiger partial charge < -0.3 is 11.1 Å². The number of nitrogens with two attached hydrogens (primary N) is 1. The van der Waals surface area contributed by atoms with E-state index in [9.17, 15) is 4.79 Å². The SMILES string of the molecule is Cn1cc(CN)c(NC(=O)C2CC2)n1. The number of rotatable bonds is 3. The summed E-state index contributed by atoms with van der Waals surface area (Å²) in [5.41, 5.74) is 6.40. The summed E-state index contributed by atoms with van der Waals surface area (Å²) in [6.45, 7) is 0.397. The molecule has 1 amide bonds. The van der Waals surface area contributed by atoms with Gasteiger partial charge >= 0.3 is 0 Å². The van der Waals surface area contributed by atoms with Gasteiger partial charge in [0.1, 0.15) is 0 Å². The second-order valence-corrected chi connectivity index (χ2v) is 3.64. The van der Waals surface area contributed by atoms with Crippen molar-refractivity contribution in [2.75, 3.05) is 5.32 Å². The quantitative estimate of drug-likeness (QED) is 0.723. The highest BCUT2D eigenvalue weighted by Crippen LogP contribution is 2.30. The van der Waals surface area contributed by atoms with E-state index in [1.54, 1.807) is 4.68 Å². The van der Waals surface area contributed by atoms with E-state index in [2.05, 4.69) is 10.4 Å². The number of anilines is 1. The lowest BCUT2D eigenvalue weighted by atomic mass is 10.3. The molecule has 5 nitrogen and oxygen atoms in total. The maximum Gasteiger partial charge on any atom is 0.228 e. The van der Waals surface area contributed by atoms with Crippen LogP contribution >= 0.6 is 0 Å². The van der Waals surface area contributed by atoms with Crippen molar-refractivity contribution < 1.29 is 4.79 Å². The number of hydrogen-bond donors (Lipinski definition) is 2. The highest BCUT2D eigenvalue weighted by molar-refractivity contribution is 5.93. The van der Waals surface area contributed by atoms with Crippen LogP contribution in [-0.4, -0.2) is 15.7 Å². The van der Waals surface area contributed by atoms with E-state index in [-0.39, 0.29) is 11.8 Å². The van der Waals surface area contributed by atoms with E-state index >= 15 is 0 Å². The highest BCUT2D eigenvalue weighted by atomic mass is 16.2. The molecule has 0 unspecified atom stereocenters. The Morgan fingerprint density at radius 3 is 3.07 bits per heavy atom. The smallest absolute Gasteiger partial charge is 0.228 e. The fraction of sp³-hybridized carbons (Fsp3) is 0.556. The summed E-state index contributed by atoms with van der Waals surface area (Å²) in [4.78, 5) is 11.5. The summed E-state index contributed by atoms with van der Waals surface area (Å²) in [7, 11) is 1.81. The van der Waals surface area contributed by atoms with Crippen LogP contribution in [0, 0.1) is 5.92 Å². The second kappa shape index (κ2) is 3.42. The van der Waals surface area contributed by atoms with E-state index in [1.165, 1.54) is 0 Å². The lowest BCUT2D eigenvalue weighted by Crippen LogP contribution is -2.15. The molecule has 1 aliphatic rings. The molecule has 2 rings (SSSR count). The third kappa shape index (κ3) is 1.77. The van der Waals surface area contributed by atoms with Crippen molar-refractivity contribution in [2.45, 2.75) is 19.4 Å². The molecule has 1 aromatic rings. The zero-order valence-corrected chi connectivity index (χ0v) is 8.16. The van der Waals surface area contributed by atoms with Gasteiger partial charge in [0.05, 0.1) is 0 Å². The molecule has 0 saturated heterocycles. The summed E-state index contributed by atoms with van der Waals surface area (Å²) in [6, 6.07) is 0. The molecule has 1 aliphatic carbocycles. The van der Waals surface area contributed by atoms with Gasteiger partial charge in [0.2, 0.25) is 5.91 Å². The largest absolute Gasteiger partial charge is 0.326 e. The van der Waals surface area contributed by atoms with Gasteiger partial charge in [-0.25, -0.2) is 0 Å². The van der Waals surface area contributed by atoms with Gasteiger partial charge in [-0.15, -0.1) is 0 Å². The molecule has 5 heteroatoms. The van der Waals surface area contributed by atoms with Crippen LogP contribution in [0.1, 0.15) is 18.4 Å². The zero-order valence-electron chi connectivity index (χ0n) is 8.16. The molecule has 76 valence electrons. The third-order valence-corrected chi connectivity index (χ3v) is 2.31. The van der Waals surface area contributed by atoms with Gasteiger partial charge in [0.25, 0.3) is 0 Å². The Hall–Kier alpha value is -1.36. The first kappa shape index (κ1) is 9.21. The van der Waals surface area contributed by atoms with E-state index in [0.717, 1.165) is 18.4 Å². The van der Waals surface area contributed by atoms with Crippen molar-refractivity contribution in [1.82, 2.24) is 9.78 Å². The van der Waals surface area contributed by atoms with Crippen LogP contribution in [0.15, 0.2) is 6.20 Å². The zero-order chi connectivity index (χ0) is 10.1. The van der Waals surface area contributed by atoms with Crippen LogP contribution in [0.4, 0.5) is 5.82 Å². The molecular weight excluding hydrogens is 180 g/mol. The summed E-state index contributed by atoms with van der Waals surface area (Å²) >= 11 is 0. The first-order chi connectivity index (χ1) is 6.70. The minimum atomic E-state index is 0.0680. The average Bonchev–Trinajstić information content (AvgIpc) is 2.92. The molecule has 0 radical (unpaired) electrons. The highest BCUT2D eigenvalue weighted by Gasteiger charge is 2.30. The van der Waals surface area contributed by atoms with Gasteiger partial charge in [-0.1, -0.05) is 0 Å². The number of hydrogen-bond acceptors (Lipinski definition) is 3. The molecule has 0 aromatic carbocycles. The Labute approximate surface area is 82.3 Å². The lowest BCUT2D eigenvalue weighted by Gasteiger charge is -2.01. The minimum Gasteiger partial charge on any atom is -0.326 e. The van der Waals surface area contributed by atoms with Crippen LogP contribution < -0.4 is 11.1 Å². The fourth-order valence-corrected chi connectivity index (χ4v) is 1.36. The molecule has 0 aliphatic heterocycles. The van der Waals surface area contributed by atoms with Crippen LogP contribution in [0.25, 0.3) is 0 Å². The number of aryl methyl sites for hydroxylation is 1. The molecule has 1 fully saturated rings. The van der Waals surface area contributed by atoms with Gasteiger partial charge in [-0.05, 0) is 12.8 Å². The molecule has 1 aromatic heterocycles. The van der Waals surface area contributed by atoms with E-state index in [1.807, 2.05) is 13.2 Å². The Morgan fingerprint density at radius 1 is 1.79 bits per heavy atom. The number of nitrogens with zero attached hydrogens (tertiary/aromatic N) is 2. The van der Waals surface area contributed by atoms with E-state index in [4.69, 9.17) is 5.73 Å². The predicted octanol–water partition coefficient (Wildman–Crippen LogP) is 0.227. The van der Waals surface area contributed by atoms with Gasteiger partial charge in [0.15, 0.2) is 5.82 Å². The van der Waals surface area contributed by atoms with Crippen molar-refractivity contribution >= 4 is 11.7 Å². The molecule has 1 saturated carbocycles. The van der Waals surface area contributed by atoms with Gasteiger partial charge in [-0.2, -0.15) is 5.10 Å². The van der Waals surface area contributed by atoms with E-state index < -0.39 is 0 Å². The van der Waals surface area contributed by atoms with Crippen LogP contribution in [0.3, 0.4) is 0 Å². The van der Waals surface area contributed by atoms with Gasteiger partial charge in [-0.3, -0.25) is 9.48 Å². The number of amides is 1. The third-order valence-electron chi connectivity index (χ3n) is 2.31. The molecule has 1 heterocycles. The maximum atomic E-state index is 11.5. The summed E-state index contributed by atoms with van der Waals surface area (Å²) in [5.74, 6) is 0.868. The molecule has 3 N–H and O–H groups in total. The molecule has 0 bridgehead atoms. The van der Waals surface area contributed by atoms with Gasteiger partial charge in [0, 0.05) is 31.3 Å². The maximum absolute atomic E-state index is 11.5. The number of carbonyl (C=O) groups is 1. The lowest BCUT2D eigenvalue weighted by molar-refractivity contribution is -0.117. The second-order valence-electron chi connectivity index (χ2n) is 3.64. The molecule has 14 heavy (non-hydrogen) atoms. The van der Waals surface area contributed by atoms with Crippen molar-refractivity contribution in [3.63, 3.8) is 0 Å². The van der Waals surface area contributed by atoms with Crippen molar-refractivity contribution in [2.24, 2.45) is 18.7 Å². The summed E-state index contributed by atoms with van der Waals surface area (Å²) < 4.78 is 1.66. The Kier molecular flexibility index (Phi) is 2.25. The van der Waals surface area contributed by atoms with Crippen LogP contribution in [0.5, 0.6) is 0 Å². The van der Waals surface area contributed by atoms with Crippen LogP contribution in [-0.2, 0) is 18.4 Å². The standard InChI is InChI=1S/C9H14N4O/c1-13-5-7(4-10)8(12-13)11-9(14)6-2-3-6/h5-6H,2-4,10H2,1H3,(H,11,12,14). The summed E-state index contributed by atoms with van der Waals surface area (Å²) in [6.07, 6.45) is 3.82. The van der Waals surface area contributed by atoms with E-state index in [0.29, 0.717) is 12.4 Å². The first-order valence-corrected chi connectivity index (χ1v) is 4.74. The molecule has 0 atom stereocenters. The van der Waals surface area contributed by atoms with Crippen molar-refractivity contribution in [3.05, 3.63) is 11.8 Å². The van der Waals surface area contributed by atoms with Crippen molar-refractivity contribution in [3.8, 4) is 0 Å². The molecular formula is C9H14N4O.